The van der Waals surface area contributed by atoms with Crippen LogP contribution in [-0.4, -0.2) is 28.4 Å². The Labute approximate surface area is 118 Å². The highest BCUT2D eigenvalue weighted by Crippen LogP contribution is 2.51. The van der Waals surface area contributed by atoms with E-state index in [-0.39, 0.29) is 11.4 Å². The maximum absolute atomic E-state index is 11.4. The number of methoxy groups -OCH3 is 1. The van der Waals surface area contributed by atoms with Crippen LogP contribution >= 0.6 is 11.8 Å². The lowest BCUT2D eigenvalue weighted by Gasteiger charge is -2.15. The molecule has 0 saturated heterocycles. The first-order valence-electron chi connectivity index (χ1n) is 6.71. The molecule has 106 valence electrons. The number of hydrogen-bond donors (Lipinski definition) is 0. The number of carbonyl (C=O) groups excluding carboxylic acids is 1. The molecule has 0 amide bonds. The summed E-state index contributed by atoms with van der Waals surface area (Å²) in [5.41, 5.74) is 1.47. The summed E-state index contributed by atoms with van der Waals surface area (Å²) in [5, 5.41) is 0. The highest BCUT2D eigenvalue weighted by atomic mass is 32.2. The van der Waals surface area contributed by atoms with Crippen LogP contribution < -0.4 is 0 Å². The Morgan fingerprint density at radius 1 is 1.58 bits per heavy atom. The Morgan fingerprint density at radius 2 is 2.32 bits per heavy atom. The second kappa shape index (κ2) is 5.99. The van der Waals surface area contributed by atoms with Crippen LogP contribution in [0, 0.1) is 5.41 Å². The van der Waals surface area contributed by atoms with Gasteiger partial charge in [-0.2, -0.15) is 11.8 Å². The van der Waals surface area contributed by atoms with E-state index in [1.165, 1.54) is 12.8 Å². The minimum atomic E-state index is -0.0784. The van der Waals surface area contributed by atoms with Crippen molar-refractivity contribution < 1.29 is 9.53 Å². The normalized spacial score (nSPS) is 16.6. The van der Waals surface area contributed by atoms with Gasteiger partial charge in [-0.25, -0.2) is 4.98 Å². The van der Waals surface area contributed by atoms with Crippen molar-refractivity contribution in [1.82, 2.24) is 9.55 Å². The van der Waals surface area contributed by atoms with Crippen molar-refractivity contribution in [1.29, 1.82) is 0 Å². The van der Waals surface area contributed by atoms with Gasteiger partial charge in [0.15, 0.2) is 0 Å². The molecule has 19 heavy (non-hydrogen) atoms. The molecular weight excluding hydrogens is 260 g/mol. The fourth-order valence-corrected chi connectivity index (χ4v) is 3.57. The van der Waals surface area contributed by atoms with E-state index in [1.807, 2.05) is 24.3 Å². The number of carbonyl (C=O) groups is 1. The molecule has 1 heterocycles. The number of nitrogens with zero attached hydrogens (tertiary/aromatic N) is 2. The van der Waals surface area contributed by atoms with Crippen LogP contribution in [-0.2, 0) is 15.3 Å². The molecule has 1 aromatic heterocycles. The minimum absolute atomic E-state index is 0.0784. The highest BCUT2D eigenvalue weighted by molar-refractivity contribution is 7.98. The van der Waals surface area contributed by atoms with Gasteiger partial charge in [-0.1, -0.05) is 0 Å². The number of hydrogen-bond acceptors (Lipinski definition) is 4. The van der Waals surface area contributed by atoms with Crippen molar-refractivity contribution in [2.75, 3.05) is 12.9 Å². The number of esters is 1. The molecule has 0 spiro atoms. The van der Waals surface area contributed by atoms with Gasteiger partial charge in [0.1, 0.15) is 0 Å². The maximum Gasteiger partial charge on any atom is 0.306 e. The van der Waals surface area contributed by atoms with E-state index in [0.717, 1.165) is 24.3 Å². The van der Waals surface area contributed by atoms with E-state index in [4.69, 9.17) is 4.74 Å². The molecule has 0 N–H and O–H groups in total. The molecule has 5 heteroatoms. The molecule has 0 aliphatic heterocycles. The Balaban J connectivity index is 1.80. The fraction of sp³-hybridized carbons (Fsp3) is 0.714. The fourth-order valence-electron chi connectivity index (χ4n) is 2.21. The quantitative estimate of drug-likeness (QED) is 0.721. The lowest BCUT2D eigenvalue weighted by molar-refractivity contribution is -0.141. The summed E-state index contributed by atoms with van der Waals surface area (Å²) >= 11 is 1.90. The average Bonchev–Trinajstić information content (AvgIpc) is 2.95. The summed E-state index contributed by atoms with van der Waals surface area (Å²) in [6, 6.07) is 0.447. The van der Waals surface area contributed by atoms with Gasteiger partial charge in [0, 0.05) is 23.7 Å². The van der Waals surface area contributed by atoms with E-state index in [1.54, 1.807) is 0 Å². The topological polar surface area (TPSA) is 44.1 Å². The number of imidazole rings is 1. The lowest BCUT2D eigenvalue weighted by atomic mass is 10.1. The molecular formula is C14H22N2O2S. The van der Waals surface area contributed by atoms with Crippen LogP contribution in [0.4, 0.5) is 0 Å². The van der Waals surface area contributed by atoms with Gasteiger partial charge in [0.25, 0.3) is 0 Å². The van der Waals surface area contributed by atoms with Crippen LogP contribution in [0.15, 0.2) is 12.5 Å². The summed E-state index contributed by atoms with van der Waals surface area (Å²) in [6.45, 7) is 4.32. The Hall–Kier alpha value is -0.970. The second-order valence-corrected chi connectivity index (χ2v) is 6.62. The summed E-state index contributed by atoms with van der Waals surface area (Å²) < 4.78 is 6.97. The van der Waals surface area contributed by atoms with Crippen molar-refractivity contribution in [3.63, 3.8) is 0 Å². The molecule has 1 aliphatic carbocycles. The summed E-state index contributed by atoms with van der Waals surface area (Å²) in [5.74, 6) is 1.91. The van der Waals surface area contributed by atoms with E-state index >= 15 is 0 Å². The zero-order chi connectivity index (χ0) is 13.9. The Kier molecular flexibility index (Phi) is 4.55. The van der Waals surface area contributed by atoms with Gasteiger partial charge in [0.2, 0.25) is 0 Å². The van der Waals surface area contributed by atoms with Crippen LogP contribution in [0.3, 0.4) is 0 Å². The molecule has 0 bridgehead atoms. The lowest BCUT2D eigenvalue weighted by Crippen LogP contribution is -2.13. The van der Waals surface area contributed by atoms with Crippen LogP contribution in [0.5, 0.6) is 0 Å². The van der Waals surface area contributed by atoms with Gasteiger partial charge < -0.3 is 9.30 Å². The minimum Gasteiger partial charge on any atom is -0.469 e. The molecule has 2 rings (SSSR count). The molecule has 1 saturated carbocycles. The second-order valence-electron chi connectivity index (χ2n) is 5.63. The number of ether oxygens (including phenoxy) is 1. The predicted molar refractivity (Wildman–Crippen MR) is 77.1 cm³/mol. The van der Waals surface area contributed by atoms with Gasteiger partial charge in [0.05, 0.1) is 19.9 Å². The van der Waals surface area contributed by atoms with Gasteiger partial charge in [-0.15, -0.1) is 0 Å². The third-order valence-electron chi connectivity index (χ3n) is 3.66. The highest BCUT2D eigenvalue weighted by Gasteiger charge is 2.44. The number of thioether (sulfide) groups is 1. The summed E-state index contributed by atoms with van der Waals surface area (Å²) in [7, 11) is 1.47. The zero-order valence-corrected chi connectivity index (χ0v) is 12.7. The van der Waals surface area contributed by atoms with Crippen LogP contribution in [0.25, 0.3) is 0 Å². The molecule has 0 aromatic carbocycles. The van der Waals surface area contributed by atoms with Crippen LogP contribution in [0.2, 0.25) is 0 Å². The molecule has 0 atom stereocenters. The monoisotopic (exact) mass is 282 g/mol. The zero-order valence-electron chi connectivity index (χ0n) is 11.9. The predicted octanol–water partition coefficient (Wildman–Crippen LogP) is 3.04. The first kappa shape index (κ1) is 14.4. The van der Waals surface area contributed by atoms with Crippen molar-refractivity contribution in [2.24, 2.45) is 5.41 Å². The first-order chi connectivity index (χ1) is 9.06. The van der Waals surface area contributed by atoms with Gasteiger partial charge >= 0.3 is 5.97 Å². The molecule has 1 aliphatic rings. The van der Waals surface area contributed by atoms with Crippen molar-refractivity contribution >= 4 is 17.7 Å². The first-order valence-corrected chi connectivity index (χ1v) is 7.87. The van der Waals surface area contributed by atoms with E-state index in [2.05, 4.69) is 23.4 Å². The molecule has 0 radical (unpaired) electrons. The maximum atomic E-state index is 11.4. The average molecular weight is 282 g/mol. The van der Waals surface area contributed by atoms with Gasteiger partial charge in [-0.05, 0) is 37.9 Å². The molecule has 0 unspecified atom stereocenters. The molecule has 1 aromatic rings. The van der Waals surface area contributed by atoms with Crippen molar-refractivity contribution in [3.8, 4) is 0 Å². The van der Waals surface area contributed by atoms with E-state index < -0.39 is 0 Å². The number of aromatic nitrogens is 2. The molecule has 1 fully saturated rings. The smallest absolute Gasteiger partial charge is 0.306 e. The summed E-state index contributed by atoms with van der Waals surface area (Å²) in [6.07, 6.45) is 6.70. The third kappa shape index (κ3) is 3.75. The summed E-state index contributed by atoms with van der Waals surface area (Å²) in [4.78, 5) is 15.6. The Morgan fingerprint density at radius 3 is 2.89 bits per heavy atom. The van der Waals surface area contributed by atoms with Gasteiger partial charge in [-0.3, -0.25) is 4.79 Å². The van der Waals surface area contributed by atoms with Crippen molar-refractivity contribution in [2.45, 2.75) is 44.9 Å². The standard InChI is InChI=1S/C14H22N2O2S/c1-11(2)16-10-15-7-12(16)8-19-9-14(4-5-14)6-13(17)18-3/h7,10-11H,4-6,8-9H2,1-3H3. The molecule has 4 nitrogen and oxygen atoms in total. The van der Waals surface area contributed by atoms with E-state index in [0.29, 0.717) is 12.5 Å². The van der Waals surface area contributed by atoms with Crippen LogP contribution in [0.1, 0.15) is 44.8 Å². The third-order valence-corrected chi connectivity index (χ3v) is 4.98. The van der Waals surface area contributed by atoms with Crippen molar-refractivity contribution in [3.05, 3.63) is 18.2 Å². The number of rotatable bonds is 7. The SMILES string of the molecule is COC(=O)CC1(CSCc2cncn2C(C)C)CC1. The largest absolute Gasteiger partial charge is 0.469 e. The Bertz CT molecular complexity index is 438. The van der Waals surface area contributed by atoms with E-state index in [9.17, 15) is 4.79 Å².